The minimum atomic E-state index is -0.459. The summed E-state index contributed by atoms with van der Waals surface area (Å²) in [5.41, 5.74) is 10.2. The standard InChI is InChI=1S/C24H19ClN8O/c25-19-10-6-18(7-11-19)23(34)29-24(26)32-14-21(16-4-2-1-3-5-16)22(30-32)17-8-12-20(13-9-17)33-28-15-27-31-33/h1-13,15,21H,14H2,(H2,26,29,34). The molecular formula is C24H19ClN8O. The van der Waals surface area contributed by atoms with Gasteiger partial charge in [0, 0.05) is 16.5 Å². The number of carbonyl (C=O) groups excluding carboxylic acids is 1. The van der Waals surface area contributed by atoms with Crippen molar-refractivity contribution < 1.29 is 4.79 Å². The van der Waals surface area contributed by atoms with Crippen LogP contribution in [0, 0.1) is 0 Å². The number of aromatic nitrogens is 4. The molecule has 1 aliphatic heterocycles. The van der Waals surface area contributed by atoms with E-state index >= 15 is 0 Å². The van der Waals surface area contributed by atoms with Gasteiger partial charge < -0.3 is 5.73 Å². The van der Waals surface area contributed by atoms with Crippen LogP contribution in [0.25, 0.3) is 5.69 Å². The van der Waals surface area contributed by atoms with E-state index < -0.39 is 5.91 Å². The Bertz CT molecular complexity index is 1350. The van der Waals surface area contributed by atoms with E-state index in [1.54, 1.807) is 29.3 Å². The molecule has 1 aromatic heterocycles. The fourth-order valence-corrected chi connectivity index (χ4v) is 3.85. The number of carbonyl (C=O) groups is 1. The number of benzene rings is 3. The Balaban J connectivity index is 1.46. The van der Waals surface area contributed by atoms with Gasteiger partial charge in [-0.25, -0.2) is 5.01 Å². The quantitative estimate of drug-likeness (QED) is 0.361. The molecule has 0 radical (unpaired) electrons. The normalized spacial score (nSPS) is 15.9. The van der Waals surface area contributed by atoms with Crippen molar-refractivity contribution in [3.8, 4) is 5.69 Å². The van der Waals surface area contributed by atoms with Crippen LogP contribution < -0.4 is 5.73 Å². The van der Waals surface area contributed by atoms with E-state index in [0.29, 0.717) is 17.1 Å². The second-order valence-corrected chi connectivity index (χ2v) is 8.02. The van der Waals surface area contributed by atoms with Gasteiger partial charge in [0.2, 0.25) is 5.96 Å². The fraction of sp³-hybridized carbons (Fsp3) is 0.0833. The first-order chi connectivity index (χ1) is 16.6. The van der Waals surface area contributed by atoms with E-state index in [2.05, 4.69) is 20.4 Å². The van der Waals surface area contributed by atoms with Crippen molar-refractivity contribution in [1.29, 1.82) is 0 Å². The van der Waals surface area contributed by atoms with E-state index in [9.17, 15) is 4.79 Å². The highest BCUT2D eigenvalue weighted by molar-refractivity contribution is 6.30. The molecule has 0 spiro atoms. The van der Waals surface area contributed by atoms with E-state index in [-0.39, 0.29) is 11.9 Å². The monoisotopic (exact) mass is 470 g/mol. The highest BCUT2D eigenvalue weighted by atomic mass is 35.5. The number of amides is 1. The van der Waals surface area contributed by atoms with E-state index in [0.717, 1.165) is 22.5 Å². The number of aliphatic imine (C=N–C) groups is 1. The zero-order valence-corrected chi connectivity index (χ0v) is 18.6. The molecule has 34 heavy (non-hydrogen) atoms. The number of tetrazole rings is 1. The lowest BCUT2D eigenvalue weighted by molar-refractivity contribution is 0.100. The molecule has 5 rings (SSSR count). The van der Waals surface area contributed by atoms with Crippen LogP contribution in [-0.2, 0) is 0 Å². The van der Waals surface area contributed by atoms with Crippen LogP contribution in [0.1, 0.15) is 27.4 Å². The summed E-state index contributed by atoms with van der Waals surface area (Å²) in [6.07, 6.45) is 1.38. The molecule has 0 fully saturated rings. The minimum absolute atomic E-state index is 0.0271. The summed E-state index contributed by atoms with van der Waals surface area (Å²) in [4.78, 5) is 18.1. The summed E-state index contributed by atoms with van der Waals surface area (Å²) in [5.74, 6) is -0.492. The van der Waals surface area contributed by atoms with Gasteiger partial charge >= 0.3 is 0 Å². The van der Waals surface area contributed by atoms with Crippen LogP contribution in [0.2, 0.25) is 5.02 Å². The van der Waals surface area contributed by atoms with Gasteiger partial charge in [-0.2, -0.15) is 10.1 Å². The van der Waals surface area contributed by atoms with E-state index in [1.165, 1.54) is 11.1 Å². The largest absolute Gasteiger partial charge is 0.368 e. The van der Waals surface area contributed by atoms with Crippen LogP contribution in [0.15, 0.2) is 95.3 Å². The van der Waals surface area contributed by atoms with Crippen LogP contribution in [0.3, 0.4) is 0 Å². The third-order valence-electron chi connectivity index (χ3n) is 5.43. The molecule has 10 heteroatoms. The van der Waals surface area contributed by atoms with Gasteiger partial charge in [-0.15, -0.1) is 15.0 Å². The van der Waals surface area contributed by atoms with Crippen molar-refractivity contribution in [2.45, 2.75) is 5.92 Å². The zero-order valence-electron chi connectivity index (χ0n) is 17.9. The number of hydrogen-bond donors (Lipinski definition) is 1. The smallest absolute Gasteiger partial charge is 0.280 e. The van der Waals surface area contributed by atoms with Gasteiger partial charge in [0.1, 0.15) is 0 Å². The van der Waals surface area contributed by atoms with Crippen molar-refractivity contribution in [2.75, 3.05) is 6.54 Å². The highest BCUT2D eigenvalue weighted by Crippen LogP contribution is 2.29. The maximum atomic E-state index is 12.6. The maximum absolute atomic E-state index is 12.6. The molecule has 1 amide bonds. The van der Waals surface area contributed by atoms with Crippen molar-refractivity contribution in [3.05, 3.63) is 107 Å². The summed E-state index contributed by atoms with van der Waals surface area (Å²) in [7, 11) is 0. The van der Waals surface area contributed by atoms with Crippen molar-refractivity contribution in [1.82, 2.24) is 25.2 Å². The minimum Gasteiger partial charge on any atom is -0.368 e. The van der Waals surface area contributed by atoms with Gasteiger partial charge in [-0.05, 0) is 52.7 Å². The Hall–Kier alpha value is -4.37. The number of halogens is 1. The first-order valence-corrected chi connectivity index (χ1v) is 10.8. The predicted octanol–water partition coefficient (Wildman–Crippen LogP) is 3.27. The summed E-state index contributed by atoms with van der Waals surface area (Å²) in [6, 6.07) is 24.2. The van der Waals surface area contributed by atoms with Crippen molar-refractivity contribution in [3.63, 3.8) is 0 Å². The number of hydrogen-bond acceptors (Lipinski definition) is 5. The second-order valence-electron chi connectivity index (χ2n) is 7.58. The molecule has 3 aromatic carbocycles. The first-order valence-electron chi connectivity index (χ1n) is 10.5. The van der Waals surface area contributed by atoms with Crippen molar-refractivity contribution >= 4 is 29.2 Å². The van der Waals surface area contributed by atoms with Gasteiger partial charge in [0.25, 0.3) is 5.91 Å². The lowest BCUT2D eigenvalue weighted by Gasteiger charge is -2.15. The van der Waals surface area contributed by atoms with Gasteiger partial charge in [-0.1, -0.05) is 54.1 Å². The van der Waals surface area contributed by atoms with Gasteiger partial charge in [-0.3, -0.25) is 4.79 Å². The molecule has 0 saturated carbocycles. The predicted molar refractivity (Wildman–Crippen MR) is 129 cm³/mol. The summed E-state index contributed by atoms with van der Waals surface area (Å²) < 4.78 is 0. The fourth-order valence-electron chi connectivity index (χ4n) is 3.72. The van der Waals surface area contributed by atoms with Crippen LogP contribution in [-0.4, -0.2) is 49.3 Å². The topological polar surface area (TPSA) is 115 Å². The first kappa shape index (κ1) is 21.5. The van der Waals surface area contributed by atoms with Crippen LogP contribution in [0.5, 0.6) is 0 Å². The molecule has 1 atom stereocenters. The molecule has 2 heterocycles. The Morgan fingerprint density at radius 3 is 2.41 bits per heavy atom. The Labute approximate surface area is 200 Å². The van der Waals surface area contributed by atoms with Crippen molar-refractivity contribution in [2.24, 2.45) is 15.8 Å². The number of hydrazone groups is 1. The SMILES string of the molecule is NC(=NC(=O)c1ccc(Cl)cc1)N1CC(c2ccccc2)C(c2ccc(-n3ncnn3)cc2)=N1. The zero-order chi connectivity index (χ0) is 23.5. The molecule has 4 aromatic rings. The maximum Gasteiger partial charge on any atom is 0.280 e. The van der Waals surface area contributed by atoms with Gasteiger partial charge in [0.05, 0.1) is 17.9 Å². The number of nitrogens with two attached hydrogens (primary N) is 1. The molecule has 9 nitrogen and oxygen atoms in total. The second kappa shape index (κ2) is 9.24. The Morgan fingerprint density at radius 1 is 1.00 bits per heavy atom. The van der Waals surface area contributed by atoms with Crippen LogP contribution in [0.4, 0.5) is 0 Å². The molecule has 1 unspecified atom stereocenters. The lowest BCUT2D eigenvalue weighted by Crippen LogP contribution is -2.33. The Kier molecular flexibility index (Phi) is 5.84. The van der Waals surface area contributed by atoms with E-state index in [1.807, 2.05) is 54.6 Å². The summed E-state index contributed by atoms with van der Waals surface area (Å²) >= 11 is 5.90. The highest BCUT2D eigenvalue weighted by Gasteiger charge is 2.31. The molecule has 0 bridgehead atoms. The third kappa shape index (κ3) is 4.41. The van der Waals surface area contributed by atoms with Gasteiger partial charge in [0.15, 0.2) is 6.33 Å². The molecule has 168 valence electrons. The number of nitrogens with zero attached hydrogens (tertiary/aromatic N) is 7. The third-order valence-corrected chi connectivity index (χ3v) is 5.68. The average Bonchev–Trinajstić information content (AvgIpc) is 3.56. The molecule has 0 saturated heterocycles. The summed E-state index contributed by atoms with van der Waals surface area (Å²) in [6.45, 7) is 0.453. The number of guanidine groups is 1. The van der Waals surface area contributed by atoms with E-state index in [4.69, 9.17) is 22.4 Å². The van der Waals surface area contributed by atoms with Crippen LogP contribution >= 0.6 is 11.6 Å². The molecular weight excluding hydrogens is 452 g/mol. The summed E-state index contributed by atoms with van der Waals surface area (Å²) in [5, 5.41) is 18.6. The molecule has 1 aliphatic rings. The molecule has 2 N–H and O–H groups in total. The lowest BCUT2D eigenvalue weighted by atomic mass is 9.90. The molecule has 0 aliphatic carbocycles. The Morgan fingerprint density at radius 2 is 1.74 bits per heavy atom. The number of rotatable bonds is 4. The average molecular weight is 471 g/mol.